The number of nitrogen functional groups attached to an aromatic ring is 1. The van der Waals surface area contributed by atoms with Crippen molar-refractivity contribution in [3.05, 3.63) is 0 Å². The topological polar surface area (TPSA) is 97.5 Å². The Hall–Kier alpha value is -0.900. The number of nitrogens with one attached hydrogen (secondary N) is 1. The van der Waals surface area contributed by atoms with Gasteiger partial charge in [-0.3, -0.25) is 0 Å². The molecule has 0 aliphatic heterocycles. The van der Waals surface area contributed by atoms with E-state index in [-0.39, 0.29) is 22.9 Å². The smallest absolute Gasteiger partial charge is 0.249 e. The van der Waals surface area contributed by atoms with Gasteiger partial charge in [0, 0.05) is 26.7 Å². The molecule has 0 aromatic carbocycles. The van der Waals surface area contributed by atoms with Crippen LogP contribution in [0.25, 0.3) is 0 Å². The quantitative estimate of drug-likeness (QED) is 0.810. The monoisotopic (exact) mass is 320 g/mol. The van der Waals surface area contributed by atoms with Crippen LogP contribution in [0.2, 0.25) is 0 Å². The Bertz CT molecular complexity index is 564. The molecule has 0 atom stereocenters. The maximum absolute atomic E-state index is 12.2. The van der Waals surface area contributed by atoms with Crippen molar-refractivity contribution in [3.63, 3.8) is 0 Å². The third-order valence-corrected chi connectivity index (χ3v) is 6.06. The minimum absolute atomic E-state index is 0.0480. The minimum Gasteiger partial charge on any atom is -0.382 e. The maximum atomic E-state index is 12.2. The van der Waals surface area contributed by atoms with Crippen LogP contribution >= 0.6 is 11.5 Å². The fourth-order valence-electron chi connectivity index (χ4n) is 2.06. The first-order chi connectivity index (χ1) is 9.36. The second kappa shape index (κ2) is 5.84. The molecule has 20 heavy (non-hydrogen) atoms. The molecule has 1 aromatic rings. The normalized spacial score (nSPS) is 22.8. The molecular formula is C11H20N4O3S2. The Morgan fingerprint density at radius 2 is 2.15 bits per heavy atom. The molecular weight excluding hydrogens is 300 g/mol. The van der Waals surface area contributed by atoms with E-state index in [4.69, 9.17) is 10.5 Å². The summed E-state index contributed by atoms with van der Waals surface area (Å²) in [5.41, 5.74) is 5.70. The van der Waals surface area contributed by atoms with Crippen molar-refractivity contribution in [2.45, 2.75) is 36.8 Å². The third-order valence-electron chi connectivity index (χ3n) is 3.25. The van der Waals surface area contributed by atoms with Crippen LogP contribution in [0.5, 0.6) is 0 Å². The standard InChI is InChI=1S/C11H20N4O3S2/c1-4-18-8-5-7(6-8)13-11-9(10(12)14-19-11)20(16,17)15(2)3/h7-8,13H,4-6H2,1-3H3,(H2,12,14). The Labute approximate surface area is 123 Å². The lowest BCUT2D eigenvalue weighted by Gasteiger charge is -2.35. The summed E-state index contributed by atoms with van der Waals surface area (Å²) in [5, 5.41) is 3.72. The predicted octanol–water partition coefficient (Wildman–Crippen LogP) is 0.955. The SMILES string of the molecule is CCOC1CC(Nc2snc(N)c2S(=O)(=O)N(C)C)C1. The van der Waals surface area contributed by atoms with E-state index in [1.807, 2.05) is 6.92 Å². The van der Waals surface area contributed by atoms with Crippen LogP contribution < -0.4 is 11.1 Å². The molecule has 7 nitrogen and oxygen atoms in total. The van der Waals surface area contributed by atoms with Crippen LogP contribution in [-0.4, -0.2) is 49.9 Å². The van der Waals surface area contributed by atoms with Gasteiger partial charge in [0.15, 0.2) is 10.7 Å². The van der Waals surface area contributed by atoms with E-state index in [2.05, 4.69) is 9.69 Å². The lowest BCUT2D eigenvalue weighted by Crippen LogP contribution is -2.41. The van der Waals surface area contributed by atoms with Crippen LogP contribution in [0, 0.1) is 0 Å². The highest BCUT2D eigenvalue weighted by Crippen LogP contribution is 2.36. The lowest BCUT2D eigenvalue weighted by molar-refractivity contribution is 0.00301. The Balaban J connectivity index is 2.11. The molecule has 1 fully saturated rings. The molecule has 9 heteroatoms. The Kier molecular flexibility index (Phi) is 4.52. The van der Waals surface area contributed by atoms with E-state index in [1.165, 1.54) is 14.1 Å². The van der Waals surface area contributed by atoms with E-state index < -0.39 is 10.0 Å². The zero-order valence-corrected chi connectivity index (χ0v) is 13.4. The van der Waals surface area contributed by atoms with E-state index in [0.29, 0.717) is 11.6 Å². The summed E-state index contributed by atoms with van der Waals surface area (Å²) in [6.45, 7) is 2.66. The van der Waals surface area contributed by atoms with Gasteiger partial charge in [0.05, 0.1) is 6.10 Å². The molecule has 0 bridgehead atoms. The number of hydrogen-bond acceptors (Lipinski definition) is 7. The van der Waals surface area contributed by atoms with Crippen LogP contribution in [0.1, 0.15) is 19.8 Å². The van der Waals surface area contributed by atoms with Gasteiger partial charge in [0.25, 0.3) is 0 Å². The number of aromatic nitrogens is 1. The van der Waals surface area contributed by atoms with Gasteiger partial charge in [-0.25, -0.2) is 12.7 Å². The van der Waals surface area contributed by atoms with Crippen molar-refractivity contribution >= 4 is 32.4 Å². The Morgan fingerprint density at radius 1 is 1.50 bits per heavy atom. The molecule has 0 amide bonds. The third kappa shape index (κ3) is 2.90. The van der Waals surface area contributed by atoms with E-state index in [1.54, 1.807) is 0 Å². The van der Waals surface area contributed by atoms with Gasteiger partial charge in [0.2, 0.25) is 10.0 Å². The predicted molar refractivity (Wildman–Crippen MR) is 79.5 cm³/mol. The van der Waals surface area contributed by atoms with Crippen LogP contribution in [-0.2, 0) is 14.8 Å². The number of rotatable bonds is 6. The summed E-state index contributed by atoms with van der Waals surface area (Å²) in [6.07, 6.45) is 2.00. The molecule has 1 saturated carbocycles. The number of nitrogens with zero attached hydrogens (tertiary/aromatic N) is 2. The van der Waals surface area contributed by atoms with Crippen molar-refractivity contribution in [3.8, 4) is 0 Å². The van der Waals surface area contributed by atoms with Gasteiger partial charge >= 0.3 is 0 Å². The first kappa shape index (κ1) is 15.5. The highest BCUT2D eigenvalue weighted by Gasteiger charge is 2.33. The van der Waals surface area contributed by atoms with Crippen molar-refractivity contribution in [1.29, 1.82) is 0 Å². The highest BCUT2D eigenvalue weighted by atomic mass is 32.2. The molecule has 1 aliphatic carbocycles. The zero-order valence-electron chi connectivity index (χ0n) is 11.8. The molecule has 0 unspecified atom stereocenters. The molecule has 1 aliphatic rings. The molecule has 114 valence electrons. The van der Waals surface area contributed by atoms with E-state index in [0.717, 1.165) is 28.7 Å². The van der Waals surface area contributed by atoms with E-state index >= 15 is 0 Å². The van der Waals surface area contributed by atoms with Crippen molar-refractivity contribution in [1.82, 2.24) is 8.68 Å². The number of anilines is 2. The van der Waals surface area contributed by atoms with Gasteiger partial charge in [-0.05, 0) is 31.3 Å². The molecule has 0 saturated heterocycles. The molecule has 3 N–H and O–H groups in total. The van der Waals surface area contributed by atoms with Crippen molar-refractivity contribution in [2.75, 3.05) is 31.8 Å². The number of hydrogen-bond donors (Lipinski definition) is 2. The van der Waals surface area contributed by atoms with Crippen LogP contribution in [0.15, 0.2) is 4.90 Å². The van der Waals surface area contributed by atoms with Gasteiger partial charge in [0.1, 0.15) is 5.00 Å². The number of sulfonamides is 1. The summed E-state index contributed by atoms with van der Waals surface area (Å²) in [5.74, 6) is 0.0480. The average Bonchev–Trinajstić information content (AvgIpc) is 2.68. The van der Waals surface area contributed by atoms with Crippen molar-refractivity contribution in [2.24, 2.45) is 0 Å². The fraction of sp³-hybridized carbons (Fsp3) is 0.727. The van der Waals surface area contributed by atoms with Gasteiger partial charge < -0.3 is 15.8 Å². The minimum atomic E-state index is -3.59. The first-order valence-corrected chi connectivity index (χ1v) is 8.63. The summed E-state index contributed by atoms with van der Waals surface area (Å²) in [7, 11) is -0.632. The van der Waals surface area contributed by atoms with Crippen molar-refractivity contribution < 1.29 is 13.2 Å². The van der Waals surface area contributed by atoms with Crippen LogP contribution in [0.3, 0.4) is 0 Å². The van der Waals surface area contributed by atoms with Gasteiger partial charge in [-0.15, -0.1) is 0 Å². The average molecular weight is 320 g/mol. The molecule has 0 radical (unpaired) electrons. The second-order valence-corrected chi connectivity index (χ2v) is 7.77. The van der Waals surface area contributed by atoms with Gasteiger partial charge in [-0.1, -0.05) is 0 Å². The van der Waals surface area contributed by atoms with Gasteiger partial charge in [-0.2, -0.15) is 4.37 Å². The summed E-state index contributed by atoms with van der Waals surface area (Å²) in [4.78, 5) is 0.0763. The fourth-order valence-corrected chi connectivity index (χ4v) is 4.20. The lowest BCUT2D eigenvalue weighted by atomic mass is 9.89. The van der Waals surface area contributed by atoms with E-state index in [9.17, 15) is 8.42 Å². The summed E-state index contributed by atoms with van der Waals surface area (Å²) in [6, 6.07) is 0.211. The summed E-state index contributed by atoms with van der Waals surface area (Å²) < 4.78 is 35.1. The second-order valence-electron chi connectivity index (χ2n) is 4.90. The molecule has 0 spiro atoms. The first-order valence-electron chi connectivity index (χ1n) is 6.42. The zero-order chi connectivity index (χ0) is 14.9. The Morgan fingerprint density at radius 3 is 2.70 bits per heavy atom. The molecule has 1 heterocycles. The number of ether oxygens (including phenoxy) is 1. The highest BCUT2D eigenvalue weighted by molar-refractivity contribution is 7.89. The molecule has 2 rings (SSSR count). The largest absolute Gasteiger partial charge is 0.382 e. The number of nitrogens with two attached hydrogens (primary N) is 1. The maximum Gasteiger partial charge on any atom is 0.249 e. The summed E-state index contributed by atoms with van der Waals surface area (Å²) >= 11 is 1.08. The molecule has 1 aromatic heterocycles. The van der Waals surface area contributed by atoms with Crippen LogP contribution in [0.4, 0.5) is 10.8 Å².